The zero-order chi connectivity index (χ0) is 20.1. The Hall–Kier alpha value is -3.93. The largest absolute Gasteiger partial charge is 0.497 e. The van der Waals surface area contributed by atoms with Crippen molar-refractivity contribution in [1.82, 2.24) is 10.1 Å². The maximum Gasteiger partial charge on any atom is 0.331 e. The number of carbonyl (C=O) groups is 1. The SMILES string of the molecule is COc1ccc(-c2nc(COC(=O)/C=C/c3cccc4ccccc34)no2)cc1. The van der Waals surface area contributed by atoms with Crippen molar-refractivity contribution in [3.8, 4) is 17.2 Å². The Morgan fingerprint density at radius 1 is 1.03 bits per heavy atom. The summed E-state index contributed by atoms with van der Waals surface area (Å²) in [6, 6.07) is 21.2. The highest BCUT2D eigenvalue weighted by atomic mass is 16.5. The lowest BCUT2D eigenvalue weighted by Gasteiger charge is -2.01. The van der Waals surface area contributed by atoms with E-state index in [0.717, 1.165) is 27.6 Å². The van der Waals surface area contributed by atoms with Gasteiger partial charge >= 0.3 is 5.97 Å². The van der Waals surface area contributed by atoms with Gasteiger partial charge in [0.2, 0.25) is 5.82 Å². The van der Waals surface area contributed by atoms with Gasteiger partial charge in [0.05, 0.1) is 7.11 Å². The van der Waals surface area contributed by atoms with Crippen LogP contribution >= 0.6 is 0 Å². The standard InChI is InChI=1S/C23H18N2O4/c1-27-19-12-9-18(10-13-19)23-24-21(25-29-23)15-28-22(26)14-11-17-7-4-6-16-5-2-3-8-20(16)17/h2-14H,15H2,1H3/b14-11+. The monoisotopic (exact) mass is 386 g/mol. The Balaban J connectivity index is 1.38. The number of hydrogen-bond acceptors (Lipinski definition) is 6. The van der Waals surface area contributed by atoms with E-state index in [9.17, 15) is 4.79 Å². The molecular weight excluding hydrogens is 368 g/mol. The summed E-state index contributed by atoms with van der Waals surface area (Å²) in [5, 5.41) is 6.03. The topological polar surface area (TPSA) is 74.5 Å². The summed E-state index contributed by atoms with van der Waals surface area (Å²) in [4.78, 5) is 16.3. The van der Waals surface area contributed by atoms with Crippen molar-refractivity contribution < 1.29 is 18.8 Å². The van der Waals surface area contributed by atoms with Gasteiger partial charge < -0.3 is 14.0 Å². The lowest BCUT2D eigenvalue weighted by molar-refractivity contribution is -0.139. The van der Waals surface area contributed by atoms with Gasteiger partial charge in [-0.3, -0.25) is 0 Å². The van der Waals surface area contributed by atoms with Gasteiger partial charge in [0.1, 0.15) is 5.75 Å². The van der Waals surface area contributed by atoms with Crippen LogP contribution in [0, 0.1) is 0 Å². The Morgan fingerprint density at radius 3 is 2.66 bits per heavy atom. The van der Waals surface area contributed by atoms with Crippen molar-refractivity contribution in [2.24, 2.45) is 0 Å². The van der Waals surface area contributed by atoms with Gasteiger partial charge in [0.25, 0.3) is 5.89 Å². The molecule has 0 fully saturated rings. The Labute approximate surface area is 167 Å². The highest BCUT2D eigenvalue weighted by molar-refractivity contribution is 5.94. The van der Waals surface area contributed by atoms with Gasteiger partial charge in [-0.25, -0.2) is 4.79 Å². The molecule has 0 radical (unpaired) electrons. The summed E-state index contributed by atoms with van der Waals surface area (Å²) in [5.74, 6) is 0.905. The summed E-state index contributed by atoms with van der Waals surface area (Å²) in [5.41, 5.74) is 1.70. The normalized spacial score (nSPS) is 11.1. The van der Waals surface area contributed by atoms with E-state index < -0.39 is 5.97 Å². The average Bonchev–Trinajstić information content (AvgIpc) is 3.25. The van der Waals surface area contributed by atoms with Crippen LogP contribution in [0.1, 0.15) is 11.4 Å². The van der Waals surface area contributed by atoms with Crippen molar-refractivity contribution in [1.29, 1.82) is 0 Å². The molecule has 0 amide bonds. The summed E-state index contributed by atoms with van der Waals surface area (Å²) >= 11 is 0. The van der Waals surface area contributed by atoms with Crippen LogP contribution in [-0.4, -0.2) is 23.2 Å². The maximum absolute atomic E-state index is 12.1. The minimum Gasteiger partial charge on any atom is -0.497 e. The number of esters is 1. The third kappa shape index (κ3) is 4.32. The molecule has 0 spiro atoms. The average molecular weight is 386 g/mol. The molecule has 0 N–H and O–H groups in total. The number of aromatic nitrogens is 2. The molecule has 0 aliphatic rings. The second kappa shape index (κ2) is 8.39. The van der Waals surface area contributed by atoms with Crippen molar-refractivity contribution in [3.63, 3.8) is 0 Å². The van der Waals surface area contributed by atoms with E-state index in [-0.39, 0.29) is 6.61 Å². The second-order valence-corrected chi connectivity index (χ2v) is 6.25. The minimum absolute atomic E-state index is 0.0711. The molecule has 144 valence electrons. The number of nitrogens with zero attached hydrogens (tertiary/aromatic N) is 2. The molecule has 4 rings (SSSR count). The van der Waals surface area contributed by atoms with E-state index in [1.54, 1.807) is 25.3 Å². The van der Waals surface area contributed by atoms with Crippen LogP contribution < -0.4 is 4.74 Å². The first-order chi connectivity index (χ1) is 14.2. The maximum atomic E-state index is 12.1. The molecule has 6 heteroatoms. The van der Waals surface area contributed by atoms with Crippen molar-refractivity contribution in [2.45, 2.75) is 6.61 Å². The van der Waals surface area contributed by atoms with Crippen LogP contribution in [0.3, 0.4) is 0 Å². The Bertz CT molecular complexity index is 1160. The molecule has 1 heterocycles. The lowest BCUT2D eigenvalue weighted by atomic mass is 10.0. The van der Waals surface area contributed by atoms with Crippen LogP contribution in [-0.2, 0) is 16.1 Å². The fourth-order valence-corrected chi connectivity index (χ4v) is 2.90. The van der Waals surface area contributed by atoms with Gasteiger partial charge in [0.15, 0.2) is 6.61 Å². The molecule has 0 aliphatic carbocycles. The van der Waals surface area contributed by atoms with Gasteiger partial charge in [-0.15, -0.1) is 0 Å². The third-order valence-electron chi connectivity index (χ3n) is 4.37. The van der Waals surface area contributed by atoms with E-state index in [4.69, 9.17) is 14.0 Å². The van der Waals surface area contributed by atoms with E-state index in [2.05, 4.69) is 10.1 Å². The second-order valence-electron chi connectivity index (χ2n) is 6.25. The molecule has 6 nitrogen and oxygen atoms in total. The number of fused-ring (bicyclic) bond motifs is 1. The number of carbonyl (C=O) groups excluding carboxylic acids is 1. The van der Waals surface area contributed by atoms with Gasteiger partial charge in [-0.2, -0.15) is 4.98 Å². The van der Waals surface area contributed by atoms with E-state index in [0.29, 0.717) is 11.7 Å². The first-order valence-corrected chi connectivity index (χ1v) is 9.02. The lowest BCUT2D eigenvalue weighted by Crippen LogP contribution is -2.02. The molecule has 0 saturated heterocycles. The highest BCUT2D eigenvalue weighted by Gasteiger charge is 2.10. The van der Waals surface area contributed by atoms with Crippen LogP contribution in [0.25, 0.3) is 28.3 Å². The zero-order valence-electron chi connectivity index (χ0n) is 15.7. The van der Waals surface area contributed by atoms with Gasteiger partial charge in [0, 0.05) is 11.6 Å². The van der Waals surface area contributed by atoms with Crippen LogP contribution in [0.2, 0.25) is 0 Å². The molecule has 0 unspecified atom stereocenters. The number of methoxy groups -OCH3 is 1. The first-order valence-electron chi connectivity index (χ1n) is 9.02. The summed E-state index contributed by atoms with van der Waals surface area (Å²) in [6.07, 6.45) is 3.13. The number of benzene rings is 3. The van der Waals surface area contributed by atoms with E-state index >= 15 is 0 Å². The molecule has 1 aromatic heterocycles. The van der Waals surface area contributed by atoms with Crippen molar-refractivity contribution >= 4 is 22.8 Å². The van der Waals surface area contributed by atoms with Crippen LogP contribution in [0.15, 0.2) is 77.3 Å². The first kappa shape index (κ1) is 18.4. The highest BCUT2D eigenvalue weighted by Crippen LogP contribution is 2.21. The molecular formula is C23H18N2O4. The molecule has 29 heavy (non-hydrogen) atoms. The minimum atomic E-state index is -0.478. The van der Waals surface area contributed by atoms with E-state index in [1.807, 2.05) is 54.6 Å². The quantitative estimate of drug-likeness (QED) is 0.355. The Kier molecular flexibility index (Phi) is 5.33. The Morgan fingerprint density at radius 2 is 1.83 bits per heavy atom. The zero-order valence-corrected chi connectivity index (χ0v) is 15.7. The van der Waals surface area contributed by atoms with Crippen molar-refractivity contribution in [3.05, 3.63) is 84.2 Å². The summed E-state index contributed by atoms with van der Waals surface area (Å²) < 4.78 is 15.6. The molecule has 0 saturated carbocycles. The molecule has 0 atom stereocenters. The molecule has 4 aromatic rings. The molecule has 3 aromatic carbocycles. The van der Waals surface area contributed by atoms with Crippen LogP contribution in [0.4, 0.5) is 0 Å². The molecule has 0 bridgehead atoms. The van der Waals surface area contributed by atoms with Gasteiger partial charge in [-0.05, 0) is 46.7 Å². The van der Waals surface area contributed by atoms with E-state index in [1.165, 1.54) is 6.08 Å². The smallest absolute Gasteiger partial charge is 0.331 e. The van der Waals surface area contributed by atoms with Crippen LogP contribution in [0.5, 0.6) is 5.75 Å². The van der Waals surface area contributed by atoms with Gasteiger partial charge in [-0.1, -0.05) is 47.6 Å². The number of ether oxygens (including phenoxy) is 2. The number of rotatable bonds is 6. The fraction of sp³-hybridized carbons (Fsp3) is 0.0870. The third-order valence-corrected chi connectivity index (χ3v) is 4.37. The molecule has 0 aliphatic heterocycles. The summed E-state index contributed by atoms with van der Waals surface area (Å²) in [7, 11) is 1.60. The predicted octanol–water partition coefficient (Wildman–Crippen LogP) is 4.66. The number of hydrogen-bond donors (Lipinski definition) is 0. The summed E-state index contributed by atoms with van der Waals surface area (Å²) in [6.45, 7) is -0.0711. The fourth-order valence-electron chi connectivity index (χ4n) is 2.90. The predicted molar refractivity (Wildman–Crippen MR) is 109 cm³/mol. The van der Waals surface area contributed by atoms with Crippen molar-refractivity contribution in [2.75, 3.05) is 7.11 Å².